The fraction of sp³-hybridized carbons (Fsp3) is 0.500. The molecular weight excluding hydrogens is 362 g/mol. The predicted octanol–water partition coefficient (Wildman–Crippen LogP) is 2.78. The zero-order valence-corrected chi connectivity index (χ0v) is 16.8. The van der Waals surface area contributed by atoms with E-state index in [4.69, 9.17) is 14.2 Å². The van der Waals surface area contributed by atoms with Crippen molar-refractivity contribution in [1.29, 1.82) is 0 Å². The quantitative estimate of drug-likeness (QED) is 0.738. The van der Waals surface area contributed by atoms with Crippen molar-refractivity contribution >= 4 is 28.5 Å². The number of fused-ring (bicyclic) bond motifs is 1. The van der Waals surface area contributed by atoms with Crippen LogP contribution in [0, 0.1) is 0 Å². The maximum absolute atomic E-state index is 12.7. The number of nitrogens with zero attached hydrogens (tertiary/aromatic N) is 1. The number of hydrogen-bond donors (Lipinski definition) is 2. The largest absolute Gasteiger partial charge is 0.493 e. The summed E-state index contributed by atoms with van der Waals surface area (Å²) in [6.07, 6.45) is 3.37. The Morgan fingerprint density at radius 3 is 2.54 bits per heavy atom. The molecule has 8 heteroatoms. The summed E-state index contributed by atoms with van der Waals surface area (Å²) < 4.78 is 15.6. The second-order valence-corrected chi connectivity index (χ2v) is 6.98. The number of carbonyl (C=O) groups is 2. The average molecular weight is 389 g/mol. The van der Waals surface area contributed by atoms with Crippen LogP contribution in [-0.2, 0) is 9.53 Å². The molecule has 1 aliphatic heterocycles. The summed E-state index contributed by atoms with van der Waals surface area (Å²) in [7, 11) is 4.37. The molecule has 0 bridgehead atoms. The number of hydrogen-bond acceptors (Lipinski definition) is 6. The van der Waals surface area contributed by atoms with Crippen LogP contribution in [0.2, 0.25) is 0 Å². The third kappa shape index (κ3) is 3.91. The van der Waals surface area contributed by atoms with E-state index in [1.54, 1.807) is 12.1 Å². The number of likely N-dealkylation sites (tertiary alicyclic amines) is 1. The Morgan fingerprint density at radius 1 is 1.18 bits per heavy atom. The molecule has 152 valence electrons. The molecule has 8 nitrogen and oxygen atoms in total. The number of esters is 1. The highest BCUT2D eigenvalue weighted by molar-refractivity contribution is 6.11. The Kier molecular flexibility index (Phi) is 6.08. The van der Waals surface area contributed by atoms with Crippen LogP contribution in [0.15, 0.2) is 12.1 Å². The van der Waals surface area contributed by atoms with Gasteiger partial charge in [-0.1, -0.05) is 6.42 Å². The second kappa shape index (κ2) is 8.52. The van der Waals surface area contributed by atoms with Crippen LogP contribution in [-0.4, -0.2) is 62.2 Å². The smallest absolute Gasteiger partial charge is 0.356 e. The Bertz CT molecular complexity index is 876. The summed E-state index contributed by atoms with van der Waals surface area (Å²) in [6.45, 7) is 3.31. The molecule has 3 rings (SSSR count). The summed E-state index contributed by atoms with van der Waals surface area (Å²) in [5, 5.41) is 3.55. The van der Waals surface area contributed by atoms with Crippen molar-refractivity contribution in [3.8, 4) is 11.5 Å². The lowest BCUT2D eigenvalue weighted by atomic mass is 10.0. The maximum atomic E-state index is 12.7. The van der Waals surface area contributed by atoms with Gasteiger partial charge in [-0.25, -0.2) is 4.79 Å². The van der Waals surface area contributed by atoms with Crippen LogP contribution in [0.4, 0.5) is 5.69 Å². The normalized spacial score (nSPS) is 17.4. The van der Waals surface area contributed by atoms with Gasteiger partial charge in [-0.3, -0.25) is 9.69 Å². The van der Waals surface area contributed by atoms with E-state index in [1.165, 1.54) is 27.8 Å². The molecule has 1 fully saturated rings. The van der Waals surface area contributed by atoms with Gasteiger partial charge in [0.1, 0.15) is 5.69 Å². The molecule has 1 aromatic heterocycles. The SMILES string of the molecule is COC(=O)c1[nH]c2cc(OC)c(OC)cc2c1NC(=O)CN1CCCCC1C. The lowest BCUT2D eigenvalue weighted by Crippen LogP contribution is -2.42. The highest BCUT2D eigenvalue weighted by atomic mass is 16.5. The third-order valence-corrected chi connectivity index (χ3v) is 5.24. The van der Waals surface area contributed by atoms with Gasteiger partial charge in [0.05, 0.1) is 39.1 Å². The first-order valence-electron chi connectivity index (χ1n) is 9.38. The van der Waals surface area contributed by atoms with Crippen molar-refractivity contribution in [2.75, 3.05) is 39.7 Å². The highest BCUT2D eigenvalue weighted by Crippen LogP contribution is 2.37. The summed E-state index contributed by atoms with van der Waals surface area (Å²) >= 11 is 0. The highest BCUT2D eigenvalue weighted by Gasteiger charge is 2.25. The van der Waals surface area contributed by atoms with Crippen LogP contribution < -0.4 is 14.8 Å². The fourth-order valence-electron chi connectivity index (χ4n) is 3.66. The van der Waals surface area contributed by atoms with Crippen LogP contribution in [0.5, 0.6) is 11.5 Å². The number of carbonyl (C=O) groups excluding carboxylic acids is 2. The number of aromatic nitrogens is 1. The zero-order valence-electron chi connectivity index (χ0n) is 16.8. The van der Waals surface area contributed by atoms with E-state index in [0.29, 0.717) is 34.1 Å². The number of benzene rings is 1. The van der Waals surface area contributed by atoms with E-state index in [2.05, 4.69) is 22.1 Å². The van der Waals surface area contributed by atoms with Crippen LogP contribution in [0.3, 0.4) is 0 Å². The van der Waals surface area contributed by atoms with E-state index in [9.17, 15) is 9.59 Å². The number of nitrogens with one attached hydrogen (secondary N) is 2. The molecule has 1 aliphatic rings. The first-order valence-corrected chi connectivity index (χ1v) is 9.38. The van der Waals surface area contributed by atoms with Gasteiger partial charge in [-0.15, -0.1) is 0 Å². The van der Waals surface area contributed by atoms with E-state index in [-0.39, 0.29) is 18.1 Å². The molecule has 1 atom stereocenters. The Morgan fingerprint density at radius 2 is 1.89 bits per heavy atom. The summed E-state index contributed by atoms with van der Waals surface area (Å²) in [5.74, 6) is 0.295. The fourth-order valence-corrected chi connectivity index (χ4v) is 3.66. The average Bonchev–Trinajstić information content (AvgIpc) is 3.05. The molecule has 0 aliphatic carbocycles. The molecule has 0 saturated carbocycles. The van der Waals surface area contributed by atoms with Gasteiger partial charge in [0.2, 0.25) is 5.91 Å². The van der Waals surface area contributed by atoms with E-state index in [1.807, 2.05) is 0 Å². The first-order chi connectivity index (χ1) is 13.5. The van der Waals surface area contributed by atoms with Crippen molar-refractivity contribution in [1.82, 2.24) is 9.88 Å². The summed E-state index contributed by atoms with van der Waals surface area (Å²) in [6, 6.07) is 3.83. The number of aromatic amines is 1. The van der Waals surface area contributed by atoms with E-state index in [0.717, 1.165) is 19.4 Å². The van der Waals surface area contributed by atoms with Crippen molar-refractivity contribution in [2.24, 2.45) is 0 Å². The van der Waals surface area contributed by atoms with Crippen molar-refractivity contribution in [3.63, 3.8) is 0 Å². The van der Waals surface area contributed by atoms with Gasteiger partial charge in [-0.05, 0) is 32.4 Å². The van der Waals surface area contributed by atoms with Gasteiger partial charge in [0, 0.05) is 17.5 Å². The minimum absolute atomic E-state index is 0.172. The Labute approximate surface area is 164 Å². The molecule has 1 unspecified atom stereocenters. The number of anilines is 1. The lowest BCUT2D eigenvalue weighted by Gasteiger charge is -2.32. The second-order valence-electron chi connectivity index (χ2n) is 6.98. The van der Waals surface area contributed by atoms with Crippen molar-refractivity contribution in [2.45, 2.75) is 32.2 Å². The molecule has 0 spiro atoms. The molecule has 2 N–H and O–H groups in total. The molecule has 28 heavy (non-hydrogen) atoms. The lowest BCUT2D eigenvalue weighted by molar-refractivity contribution is -0.118. The van der Waals surface area contributed by atoms with Crippen molar-refractivity contribution < 1.29 is 23.8 Å². The molecule has 2 heterocycles. The Balaban J connectivity index is 1.95. The van der Waals surface area contributed by atoms with Crippen LogP contribution in [0.1, 0.15) is 36.7 Å². The van der Waals surface area contributed by atoms with E-state index < -0.39 is 5.97 Å². The first kappa shape index (κ1) is 20.0. The molecule has 1 aromatic carbocycles. The van der Waals surface area contributed by atoms with Gasteiger partial charge < -0.3 is 24.5 Å². The molecule has 2 aromatic rings. The summed E-state index contributed by atoms with van der Waals surface area (Å²) in [5.41, 5.74) is 1.21. The van der Waals surface area contributed by atoms with Gasteiger partial charge in [0.25, 0.3) is 0 Å². The van der Waals surface area contributed by atoms with Gasteiger partial charge >= 0.3 is 5.97 Å². The third-order valence-electron chi connectivity index (χ3n) is 5.24. The molecular formula is C20H27N3O5. The number of rotatable bonds is 6. The van der Waals surface area contributed by atoms with Gasteiger partial charge in [-0.2, -0.15) is 0 Å². The number of H-pyrrole nitrogens is 1. The summed E-state index contributed by atoms with van der Waals surface area (Å²) in [4.78, 5) is 30.2. The minimum atomic E-state index is -0.559. The van der Waals surface area contributed by atoms with Crippen molar-refractivity contribution in [3.05, 3.63) is 17.8 Å². The predicted molar refractivity (Wildman–Crippen MR) is 106 cm³/mol. The topological polar surface area (TPSA) is 92.9 Å². The Hall–Kier alpha value is -2.74. The number of piperidine rings is 1. The van der Waals surface area contributed by atoms with Crippen LogP contribution in [0.25, 0.3) is 10.9 Å². The zero-order chi connectivity index (χ0) is 20.3. The number of methoxy groups -OCH3 is 3. The standard InChI is InChI=1S/C20H27N3O5/c1-12-7-5-6-8-23(12)11-17(24)22-18-13-9-15(26-2)16(27-3)10-14(13)21-19(18)20(25)28-4/h9-10,12,21H,5-8,11H2,1-4H3,(H,22,24). The monoisotopic (exact) mass is 389 g/mol. The number of amides is 1. The van der Waals surface area contributed by atoms with Gasteiger partial charge in [0.15, 0.2) is 11.5 Å². The van der Waals surface area contributed by atoms with Crippen LogP contribution >= 0.6 is 0 Å². The van der Waals surface area contributed by atoms with E-state index >= 15 is 0 Å². The maximum Gasteiger partial charge on any atom is 0.356 e. The minimum Gasteiger partial charge on any atom is -0.493 e. The molecule has 1 saturated heterocycles. The molecule has 1 amide bonds. The number of ether oxygens (including phenoxy) is 3. The molecule has 0 radical (unpaired) electrons.